The van der Waals surface area contributed by atoms with Crippen molar-refractivity contribution in [2.45, 2.75) is 129 Å². The van der Waals surface area contributed by atoms with E-state index in [0.717, 1.165) is 49.4 Å². The molecule has 0 bridgehead atoms. The summed E-state index contributed by atoms with van der Waals surface area (Å²) >= 11 is 0. The fourth-order valence-electron chi connectivity index (χ4n) is 7.90. The lowest BCUT2D eigenvalue weighted by Gasteiger charge is -2.37. The van der Waals surface area contributed by atoms with Crippen LogP contribution in [0.4, 0.5) is 17.6 Å². The summed E-state index contributed by atoms with van der Waals surface area (Å²) in [5, 5.41) is 0. The molecule has 3 aliphatic rings. The molecule has 0 amide bonds. The predicted octanol–water partition coefficient (Wildman–Crippen LogP) is 10.8. The first-order valence-electron chi connectivity index (χ1n) is 15.8. The Labute approximate surface area is 228 Å². The predicted molar refractivity (Wildman–Crippen MR) is 147 cm³/mol. The van der Waals surface area contributed by atoms with Gasteiger partial charge in [-0.3, -0.25) is 0 Å². The van der Waals surface area contributed by atoms with Gasteiger partial charge in [0.25, 0.3) is 0 Å². The first kappa shape index (κ1) is 29.7. The largest absolute Gasteiger partial charge is 0.490 e. The summed E-state index contributed by atoms with van der Waals surface area (Å²) in [6, 6.07) is 2.91. The van der Waals surface area contributed by atoms with E-state index in [0.29, 0.717) is 24.9 Å². The molecule has 3 fully saturated rings. The molecule has 1 aromatic carbocycles. The van der Waals surface area contributed by atoms with Gasteiger partial charge in [-0.05, 0) is 98.5 Å². The molecule has 4 rings (SSSR count). The molecular weight excluding hydrogens is 488 g/mol. The molecule has 0 aliphatic heterocycles. The molecule has 0 radical (unpaired) electrons. The molecule has 0 saturated heterocycles. The van der Waals surface area contributed by atoms with Gasteiger partial charge in [0, 0.05) is 0 Å². The number of aryl methyl sites for hydroxylation is 1. The highest BCUT2D eigenvalue weighted by Crippen LogP contribution is 2.43. The van der Waals surface area contributed by atoms with E-state index >= 15 is 4.39 Å². The summed E-state index contributed by atoms with van der Waals surface area (Å²) in [6.07, 6.45) is 14.3. The minimum atomic E-state index is -4.72. The Morgan fingerprint density at radius 1 is 0.711 bits per heavy atom. The van der Waals surface area contributed by atoms with Gasteiger partial charge in [0.2, 0.25) is 0 Å². The number of benzene rings is 1. The quantitative estimate of drug-likeness (QED) is 0.269. The van der Waals surface area contributed by atoms with Gasteiger partial charge in [-0.2, -0.15) is 13.2 Å². The van der Waals surface area contributed by atoms with Crippen LogP contribution in [0.1, 0.15) is 128 Å². The summed E-state index contributed by atoms with van der Waals surface area (Å²) in [5.74, 6) is 2.58. The molecule has 3 saturated carbocycles. The van der Waals surface area contributed by atoms with Gasteiger partial charge in [-0.1, -0.05) is 77.7 Å². The van der Waals surface area contributed by atoms with E-state index < -0.39 is 17.6 Å². The molecule has 0 N–H and O–H groups in total. The molecule has 1 nitrogen and oxygen atoms in total. The third kappa shape index (κ3) is 7.90. The molecule has 38 heavy (non-hydrogen) atoms. The van der Waals surface area contributed by atoms with Crippen molar-refractivity contribution < 1.29 is 22.3 Å². The van der Waals surface area contributed by atoms with Gasteiger partial charge in [-0.15, -0.1) is 0 Å². The highest BCUT2D eigenvalue weighted by Gasteiger charge is 2.39. The monoisotopic (exact) mass is 538 g/mol. The summed E-state index contributed by atoms with van der Waals surface area (Å²) in [6.45, 7) is 4.81. The molecule has 1 aromatic rings. The van der Waals surface area contributed by atoms with Crippen LogP contribution in [0, 0.1) is 41.3 Å². The zero-order chi connectivity index (χ0) is 27.1. The van der Waals surface area contributed by atoms with Crippen LogP contribution >= 0.6 is 0 Å². The maximum absolute atomic E-state index is 15.2. The van der Waals surface area contributed by atoms with Crippen molar-refractivity contribution >= 4 is 0 Å². The van der Waals surface area contributed by atoms with Crippen LogP contribution in [0.3, 0.4) is 0 Å². The highest BCUT2D eigenvalue weighted by molar-refractivity contribution is 5.39. The number of hydrogen-bond donors (Lipinski definition) is 0. The van der Waals surface area contributed by atoms with Gasteiger partial charge in [-0.25, -0.2) is 4.39 Å². The van der Waals surface area contributed by atoms with Crippen LogP contribution in [0.15, 0.2) is 12.1 Å². The van der Waals surface area contributed by atoms with Crippen LogP contribution in [-0.4, -0.2) is 6.61 Å². The number of halogens is 4. The van der Waals surface area contributed by atoms with Crippen molar-refractivity contribution in [2.24, 2.45) is 35.5 Å². The van der Waals surface area contributed by atoms with Crippen molar-refractivity contribution in [3.8, 4) is 5.75 Å². The average molecular weight is 539 g/mol. The van der Waals surface area contributed by atoms with Gasteiger partial charge < -0.3 is 4.74 Å². The van der Waals surface area contributed by atoms with E-state index in [1.54, 1.807) is 0 Å². The standard InChI is InChI=1S/C33H50F4O/c1-3-5-24-6-8-25(9-7-24)12-19-29-20-21-30(32(34)31(29)33(35,36)37)38-22-26-13-17-28(18-14-26)27-15-10-23(4-2)11-16-27/h20-21,23-28H,3-19,22H2,1-2H3. The van der Waals surface area contributed by atoms with Gasteiger partial charge in [0.15, 0.2) is 11.6 Å². The fraction of sp³-hybridized carbons (Fsp3) is 0.818. The van der Waals surface area contributed by atoms with Crippen LogP contribution in [0.25, 0.3) is 0 Å². The smallest absolute Gasteiger partial charge is 0.419 e. The summed E-state index contributed by atoms with van der Waals surface area (Å²) in [5.41, 5.74) is -1.03. The lowest BCUT2D eigenvalue weighted by molar-refractivity contribution is -0.140. The number of ether oxygens (including phenoxy) is 1. The maximum atomic E-state index is 15.2. The molecule has 0 unspecified atom stereocenters. The van der Waals surface area contributed by atoms with Crippen LogP contribution in [0.2, 0.25) is 0 Å². The molecular formula is C33H50F4O. The first-order chi connectivity index (χ1) is 18.3. The molecule has 0 aromatic heterocycles. The second-order valence-corrected chi connectivity index (χ2v) is 12.9. The van der Waals surface area contributed by atoms with Crippen molar-refractivity contribution in [3.63, 3.8) is 0 Å². The van der Waals surface area contributed by atoms with E-state index in [1.807, 2.05) is 0 Å². The summed E-state index contributed by atoms with van der Waals surface area (Å²) < 4.78 is 62.8. The first-order valence-corrected chi connectivity index (χ1v) is 15.8. The molecule has 216 valence electrons. The lowest BCUT2D eigenvalue weighted by Crippen LogP contribution is -2.27. The van der Waals surface area contributed by atoms with Crippen molar-refractivity contribution in [3.05, 3.63) is 29.1 Å². The Kier molecular flexibility index (Phi) is 10.9. The molecule has 0 heterocycles. The maximum Gasteiger partial charge on any atom is 0.419 e. The van der Waals surface area contributed by atoms with Crippen LogP contribution in [0.5, 0.6) is 5.75 Å². The molecule has 0 spiro atoms. The normalized spacial score (nSPS) is 30.8. The van der Waals surface area contributed by atoms with Gasteiger partial charge >= 0.3 is 6.18 Å². The number of rotatable bonds is 10. The minimum Gasteiger partial charge on any atom is -0.490 e. The third-order valence-corrected chi connectivity index (χ3v) is 10.5. The SMILES string of the molecule is CCCC1CCC(CCc2ccc(OCC3CCC(C4CCC(CC)CC4)CC3)c(F)c2C(F)(F)F)CC1. The average Bonchev–Trinajstić information content (AvgIpc) is 2.92. The highest BCUT2D eigenvalue weighted by atomic mass is 19.4. The number of alkyl halides is 3. The molecule has 0 atom stereocenters. The van der Waals surface area contributed by atoms with Gasteiger partial charge in [0.1, 0.15) is 0 Å². The Morgan fingerprint density at radius 2 is 1.24 bits per heavy atom. The Hall–Kier alpha value is -1.26. The van der Waals surface area contributed by atoms with Crippen molar-refractivity contribution in [1.82, 2.24) is 0 Å². The second kappa shape index (κ2) is 13.9. The zero-order valence-electron chi connectivity index (χ0n) is 23.8. The van der Waals surface area contributed by atoms with Crippen molar-refractivity contribution in [2.75, 3.05) is 6.61 Å². The van der Waals surface area contributed by atoms with Crippen molar-refractivity contribution in [1.29, 1.82) is 0 Å². The van der Waals surface area contributed by atoms with Crippen LogP contribution in [-0.2, 0) is 12.6 Å². The van der Waals surface area contributed by atoms with Gasteiger partial charge in [0.05, 0.1) is 12.2 Å². The minimum absolute atomic E-state index is 0.0799. The van der Waals surface area contributed by atoms with E-state index in [1.165, 1.54) is 82.8 Å². The summed E-state index contributed by atoms with van der Waals surface area (Å²) in [7, 11) is 0. The number of hydrogen-bond acceptors (Lipinski definition) is 1. The second-order valence-electron chi connectivity index (χ2n) is 12.9. The fourth-order valence-corrected chi connectivity index (χ4v) is 7.90. The Morgan fingerprint density at radius 3 is 1.76 bits per heavy atom. The molecule has 5 heteroatoms. The lowest BCUT2D eigenvalue weighted by atomic mass is 9.69. The summed E-state index contributed by atoms with van der Waals surface area (Å²) in [4.78, 5) is 0. The zero-order valence-corrected chi connectivity index (χ0v) is 23.8. The van der Waals surface area contributed by atoms with E-state index in [4.69, 9.17) is 4.74 Å². The Bertz CT molecular complexity index is 841. The van der Waals surface area contributed by atoms with E-state index in [-0.39, 0.29) is 17.7 Å². The third-order valence-electron chi connectivity index (χ3n) is 10.5. The Balaban J connectivity index is 1.28. The topological polar surface area (TPSA) is 9.23 Å². The molecule has 3 aliphatic carbocycles. The van der Waals surface area contributed by atoms with Crippen LogP contribution < -0.4 is 4.74 Å². The van der Waals surface area contributed by atoms with E-state index in [2.05, 4.69) is 13.8 Å². The van der Waals surface area contributed by atoms with E-state index in [9.17, 15) is 13.2 Å².